The second-order valence-corrected chi connectivity index (χ2v) is 7.68. The van der Waals surface area contributed by atoms with E-state index in [1.165, 1.54) is 16.7 Å². The predicted molar refractivity (Wildman–Crippen MR) is 105 cm³/mol. The Balaban J connectivity index is 1.53. The average molecular weight is 350 g/mol. The molecule has 1 aliphatic heterocycles. The molecular weight excluding hydrogens is 324 g/mol. The number of rotatable bonds is 4. The molecule has 4 heteroatoms. The summed E-state index contributed by atoms with van der Waals surface area (Å²) in [7, 11) is 1.98. The summed E-state index contributed by atoms with van der Waals surface area (Å²) in [5, 5.41) is 0. The highest BCUT2D eigenvalue weighted by molar-refractivity contribution is 6.01. The number of hydrogen-bond donors (Lipinski definition) is 0. The van der Waals surface area contributed by atoms with Gasteiger partial charge in [-0.3, -0.25) is 4.99 Å². The third kappa shape index (κ3) is 3.96. The largest absolute Gasteiger partial charge is 0.460 e. The van der Waals surface area contributed by atoms with Gasteiger partial charge in [0.15, 0.2) is 0 Å². The van der Waals surface area contributed by atoms with Crippen LogP contribution in [0, 0.1) is 0 Å². The van der Waals surface area contributed by atoms with E-state index in [0.29, 0.717) is 18.7 Å². The van der Waals surface area contributed by atoms with Crippen molar-refractivity contribution < 1.29 is 9.53 Å². The molecule has 1 aliphatic rings. The highest BCUT2D eigenvalue weighted by atomic mass is 16.5. The fourth-order valence-electron chi connectivity index (χ4n) is 3.02. The summed E-state index contributed by atoms with van der Waals surface area (Å²) in [4.78, 5) is 18.9. The zero-order valence-corrected chi connectivity index (χ0v) is 16.0. The SMILES string of the molecule is CN(CCOC(=O)c1ccc(C(C)(C)C)cc1)C1=NCc2ccccc21. The summed E-state index contributed by atoms with van der Waals surface area (Å²) in [6.07, 6.45) is 0. The smallest absolute Gasteiger partial charge is 0.338 e. The first-order chi connectivity index (χ1) is 12.4. The molecule has 0 atom stereocenters. The van der Waals surface area contributed by atoms with Crippen molar-refractivity contribution in [1.29, 1.82) is 0 Å². The monoisotopic (exact) mass is 350 g/mol. The minimum Gasteiger partial charge on any atom is -0.460 e. The molecule has 0 spiro atoms. The Hall–Kier alpha value is -2.62. The van der Waals surface area contributed by atoms with Gasteiger partial charge < -0.3 is 9.64 Å². The highest BCUT2D eigenvalue weighted by Gasteiger charge is 2.19. The van der Waals surface area contributed by atoms with Crippen LogP contribution in [0.1, 0.15) is 47.8 Å². The van der Waals surface area contributed by atoms with Crippen molar-refractivity contribution in [3.05, 3.63) is 70.8 Å². The lowest BCUT2D eigenvalue weighted by molar-refractivity contribution is 0.0491. The summed E-state index contributed by atoms with van der Waals surface area (Å²) >= 11 is 0. The van der Waals surface area contributed by atoms with Crippen molar-refractivity contribution in [1.82, 2.24) is 4.90 Å². The molecule has 1 heterocycles. The van der Waals surface area contributed by atoms with E-state index in [4.69, 9.17) is 4.74 Å². The van der Waals surface area contributed by atoms with E-state index in [2.05, 4.69) is 37.9 Å². The molecule has 136 valence electrons. The van der Waals surface area contributed by atoms with Crippen LogP contribution < -0.4 is 0 Å². The first-order valence-corrected chi connectivity index (χ1v) is 8.98. The molecule has 0 aliphatic carbocycles. The molecule has 0 N–H and O–H groups in total. The molecule has 0 radical (unpaired) electrons. The van der Waals surface area contributed by atoms with Gasteiger partial charge in [0.05, 0.1) is 18.7 Å². The van der Waals surface area contributed by atoms with Crippen molar-refractivity contribution in [3.63, 3.8) is 0 Å². The van der Waals surface area contributed by atoms with Gasteiger partial charge in [0.25, 0.3) is 0 Å². The van der Waals surface area contributed by atoms with Gasteiger partial charge in [-0.1, -0.05) is 57.2 Å². The van der Waals surface area contributed by atoms with E-state index in [-0.39, 0.29) is 11.4 Å². The van der Waals surface area contributed by atoms with Crippen LogP contribution in [-0.2, 0) is 16.7 Å². The van der Waals surface area contributed by atoms with Gasteiger partial charge in [0.2, 0.25) is 0 Å². The van der Waals surface area contributed by atoms with Crippen molar-refractivity contribution in [2.45, 2.75) is 32.7 Å². The molecule has 2 aromatic rings. The quantitative estimate of drug-likeness (QED) is 0.782. The second-order valence-electron chi connectivity index (χ2n) is 7.68. The number of fused-ring (bicyclic) bond motifs is 1. The van der Waals surface area contributed by atoms with Crippen molar-refractivity contribution in [2.24, 2.45) is 4.99 Å². The van der Waals surface area contributed by atoms with E-state index in [9.17, 15) is 4.79 Å². The van der Waals surface area contributed by atoms with Crippen molar-refractivity contribution in [2.75, 3.05) is 20.2 Å². The summed E-state index contributed by atoms with van der Waals surface area (Å²) in [6, 6.07) is 15.9. The van der Waals surface area contributed by atoms with Crippen LogP contribution in [0.25, 0.3) is 0 Å². The maximum Gasteiger partial charge on any atom is 0.338 e. The van der Waals surface area contributed by atoms with E-state index < -0.39 is 0 Å². The van der Waals surface area contributed by atoms with E-state index >= 15 is 0 Å². The number of carbonyl (C=O) groups excluding carboxylic acids is 1. The van der Waals surface area contributed by atoms with Crippen LogP contribution in [0.5, 0.6) is 0 Å². The third-order valence-corrected chi connectivity index (χ3v) is 4.67. The van der Waals surface area contributed by atoms with Crippen LogP contribution in [0.2, 0.25) is 0 Å². The molecule has 26 heavy (non-hydrogen) atoms. The molecule has 4 nitrogen and oxygen atoms in total. The van der Waals surface area contributed by atoms with Gasteiger partial charge >= 0.3 is 5.97 Å². The fourth-order valence-corrected chi connectivity index (χ4v) is 3.02. The lowest BCUT2D eigenvalue weighted by Gasteiger charge is -2.20. The Bertz CT molecular complexity index is 817. The zero-order chi connectivity index (χ0) is 18.7. The number of benzene rings is 2. The third-order valence-electron chi connectivity index (χ3n) is 4.67. The van der Waals surface area contributed by atoms with E-state index in [1.54, 1.807) is 0 Å². The number of esters is 1. The topological polar surface area (TPSA) is 41.9 Å². The average Bonchev–Trinajstić information content (AvgIpc) is 3.05. The Labute approximate surface area is 155 Å². The molecule has 0 fully saturated rings. The number of hydrogen-bond acceptors (Lipinski definition) is 4. The minimum absolute atomic E-state index is 0.0729. The number of ether oxygens (including phenoxy) is 1. The normalized spacial score (nSPS) is 13.2. The Morgan fingerprint density at radius 1 is 1.12 bits per heavy atom. The van der Waals surface area contributed by atoms with Crippen molar-refractivity contribution >= 4 is 11.8 Å². The molecule has 0 aromatic heterocycles. The molecule has 0 amide bonds. The molecule has 3 rings (SSSR count). The van der Waals surface area contributed by atoms with Gasteiger partial charge in [0.1, 0.15) is 12.4 Å². The maximum atomic E-state index is 12.2. The Morgan fingerprint density at radius 3 is 2.50 bits per heavy atom. The van der Waals surface area contributed by atoms with Crippen molar-refractivity contribution in [3.8, 4) is 0 Å². The molecule has 2 aromatic carbocycles. The first-order valence-electron chi connectivity index (χ1n) is 8.98. The lowest BCUT2D eigenvalue weighted by Crippen LogP contribution is -2.30. The van der Waals surface area contributed by atoms with E-state index in [1.807, 2.05) is 48.3 Å². The number of carbonyl (C=O) groups is 1. The number of nitrogens with zero attached hydrogens (tertiary/aromatic N) is 2. The number of aliphatic imine (C=N–C) groups is 1. The minimum atomic E-state index is -0.285. The summed E-state index contributed by atoms with van der Waals surface area (Å²) in [5.74, 6) is 0.679. The summed E-state index contributed by atoms with van der Waals surface area (Å²) < 4.78 is 5.44. The molecule has 0 saturated carbocycles. The van der Waals surface area contributed by atoms with Crippen LogP contribution in [0.15, 0.2) is 53.5 Å². The van der Waals surface area contributed by atoms with Gasteiger partial charge in [-0.2, -0.15) is 0 Å². The lowest BCUT2D eigenvalue weighted by atomic mass is 9.87. The standard InChI is InChI=1S/C22H26N2O2/c1-22(2,3)18-11-9-16(10-12-18)21(25)26-14-13-24(4)20-19-8-6-5-7-17(19)15-23-20/h5-12H,13-15H2,1-4H3. The Kier molecular flexibility index (Phi) is 5.12. The van der Waals surface area contributed by atoms with Gasteiger partial charge in [-0.05, 0) is 28.7 Å². The molecular formula is C22H26N2O2. The predicted octanol–water partition coefficient (Wildman–Crippen LogP) is 4.03. The van der Waals surface area contributed by atoms with Crippen LogP contribution in [0.3, 0.4) is 0 Å². The van der Waals surface area contributed by atoms with Gasteiger partial charge in [0, 0.05) is 12.6 Å². The van der Waals surface area contributed by atoms with Crippen LogP contribution >= 0.6 is 0 Å². The van der Waals surface area contributed by atoms with Crippen LogP contribution in [-0.4, -0.2) is 36.9 Å². The molecule has 0 bridgehead atoms. The molecule has 0 unspecified atom stereocenters. The van der Waals surface area contributed by atoms with Crippen LogP contribution in [0.4, 0.5) is 0 Å². The first kappa shape index (κ1) is 18.2. The number of likely N-dealkylation sites (N-methyl/N-ethyl adjacent to an activating group) is 1. The van der Waals surface area contributed by atoms with Gasteiger partial charge in [-0.25, -0.2) is 4.79 Å². The molecule has 0 saturated heterocycles. The summed E-state index contributed by atoms with van der Waals surface area (Å²) in [6.45, 7) is 8.12. The van der Waals surface area contributed by atoms with E-state index in [0.717, 1.165) is 12.4 Å². The van der Waals surface area contributed by atoms with Gasteiger partial charge in [-0.15, -0.1) is 0 Å². The fraction of sp³-hybridized carbons (Fsp3) is 0.364. The zero-order valence-electron chi connectivity index (χ0n) is 16.0. The summed E-state index contributed by atoms with van der Waals surface area (Å²) in [5.41, 5.74) is 4.27. The maximum absolute atomic E-state index is 12.2. The second kappa shape index (κ2) is 7.32. The highest BCUT2D eigenvalue weighted by Crippen LogP contribution is 2.22. The Morgan fingerprint density at radius 2 is 1.81 bits per heavy atom. The number of amidine groups is 1.